The Kier molecular flexibility index (Phi) is 6.09. The van der Waals surface area contributed by atoms with Crippen LogP contribution in [0.2, 0.25) is 0 Å². The van der Waals surface area contributed by atoms with Crippen LogP contribution in [0.1, 0.15) is 52.3 Å². The minimum atomic E-state index is -0.533. The van der Waals surface area contributed by atoms with Crippen molar-refractivity contribution in [2.24, 2.45) is 0 Å². The second-order valence-electron chi connectivity index (χ2n) is 9.40. The first-order valence-corrected chi connectivity index (χ1v) is 12.0. The van der Waals surface area contributed by atoms with Crippen molar-refractivity contribution in [1.29, 1.82) is 0 Å². The number of ketones is 1. The molecule has 7 nitrogen and oxygen atoms in total. The number of benzene rings is 2. The van der Waals surface area contributed by atoms with Gasteiger partial charge in [-0.3, -0.25) is 4.79 Å². The third-order valence-electron chi connectivity index (χ3n) is 7.08. The topological polar surface area (TPSA) is 73.8 Å². The van der Waals surface area contributed by atoms with Gasteiger partial charge in [0.05, 0.1) is 20.6 Å². The average Bonchev–Trinajstić information content (AvgIpc) is 2.85. The number of nitrogens with zero attached hydrogens (tertiary/aromatic N) is 3. The number of rotatable bonds is 5. The summed E-state index contributed by atoms with van der Waals surface area (Å²) >= 11 is 0. The molecular weight excluding hydrogens is 442 g/mol. The van der Waals surface area contributed by atoms with Crippen LogP contribution >= 0.6 is 0 Å². The summed E-state index contributed by atoms with van der Waals surface area (Å²) in [6.07, 6.45) is 2.58. The number of ether oxygens (including phenoxy) is 3. The van der Waals surface area contributed by atoms with Crippen molar-refractivity contribution in [2.75, 3.05) is 32.2 Å². The molecule has 1 saturated heterocycles. The zero-order valence-corrected chi connectivity index (χ0v) is 20.8. The summed E-state index contributed by atoms with van der Waals surface area (Å²) in [6.45, 7) is 5.50. The Balaban J connectivity index is 1.40. The molecule has 0 aliphatic carbocycles. The number of aromatic nitrogens is 2. The first-order valence-electron chi connectivity index (χ1n) is 12.0. The lowest BCUT2D eigenvalue weighted by atomic mass is 9.82. The number of hydrogen-bond acceptors (Lipinski definition) is 7. The Bertz CT molecular complexity index is 1250. The maximum absolute atomic E-state index is 13.2. The molecule has 5 rings (SSSR count). The molecule has 1 spiro atoms. The second kappa shape index (κ2) is 9.21. The Hall–Kier alpha value is -3.61. The van der Waals surface area contributed by atoms with Crippen molar-refractivity contribution < 1.29 is 19.0 Å². The van der Waals surface area contributed by atoms with Crippen LogP contribution < -0.4 is 19.1 Å². The third-order valence-corrected chi connectivity index (χ3v) is 7.08. The molecule has 35 heavy (non-hydrogen) atoms. The molecule has 2 aliphatic rings. The van der Waals surface area contributed by atoms with Gasteiger partial charge in [0.1, 0.15) is 40.1 Å². The van der Waals surface area contributed by atoms with Crippen molar-refractivity contribution >= 4 is 11.6 Å². The fourth-order valence-electron chi connectivity index (χ4n) is 5.24. The van der Waals surface area contributed by atoms with Gasteiger partial charge < -0.3 is 19.1 Å². The first kappa shape index (κ1) is 23.1. The van der Waals surface area contributed by atoms with Gasteiger partial charge in [0.2, 0.25) is 0 Å². The van der Waals surface area contributed by atoms with Gasteiger partial charge in [0.15, 0.2) is 5.78 Å². The highest BCUT2D eigenvalue weighted by Gasteiger charge is 2.44. The molecule has 0 unspecified atom stereocenters. The van der Waals surface area contributed by atoms with Crippen molar-refractivity contribution in [3.63, 3.8) is 0 Å². The van der Waals surface area contributed by atoms with Crippen LogP contribution in [0.4, 0.5) is 5.82 Å². The predicted octanol–water partition coefficient (Wildman–Crippen LogP) is 4.71. The van der Waals surface area contributed by atoms with Crippen LogP contribution in [0.5, 0.6) is 17.2 Å². The zero-order chi connectivity index (χ0) is 24.6. The number of fused-ring (bicyclic) bond motifs is 1. The molecule has 182 valence electrons. The van der Waals surface area contributed by atoms with Crippen molar-refractivity contribution in [3.05, 3.63) is 70.7 Å². The second-order valence-corrected chi connectivity index (χ2v) is 9.40. The zero-order valence-electron chi connectivity index (χ0n) is 20.8. The van der Waals surface area contributed by atoms with E-state index in [4.69, 9.17) is 19.2 Å². The van der Waals surface area contributed by atoms with Gasteiger partial charge in [0.25, 0.3) is 0 Å². The molecule has 0 atom stereocenters. The van der Waals surface area contributed by atoms with Crippen LogP contribution in [-0.2, 0) is 6.42 Å². The highest BCUT2D eigenvalue weighted by Crippen LogP contribution is 2.45. The molecule has 0 radical (unpaired) electrons. The molecule has 0 amide bonds. The van der Waals surface area contributed by atoms with E-state index < -0.39 is 5.60 Å². The van der Waals surface area contributed by atoms with Gasteiger partial charge in [0, 0.05) is 55.7 Å². The molecule has 3 aromatic rings. The smallest absolute Gasteiger partial charge is 0.174 e. The van der Waals surface area contributed by atoms with Crippen molar-refractivity contribution in [2.45, 2.75) is 45.1 Å². The Labute approximate surface area is 206 Å². The quantitative estimate of drug-likeness (QED) is 0.531. The van der Waals surface area contributed by atoms with Crippen molar-refractivity contribution in [3.8, 4) is 17.2 Å². The molecule has 7 heteroatoms. The molecule has 1 fully saturated rings. The summed E-state index contributed by atoms with van der Waals surface area (Å²) in [7, 11) is 3.16. The first-order chi connectivity index (χ1) is 16.9. The van der Waals surface area contributed by atoms with Gasteiger partial charge in [-0.1, -0.05) is 30.3 Å². The molecular formula is C28H31N3O4. The minimum Gasteiger partial charge on any atom is -0.496 e. The Morgan fingerprint density at radius 2 is 1.77 bits per heavy atom. The lowest BCUT2D eigenvalue weighted by molar-refractivity contribution is 0.0224. The number of aryl methyl sites for hydroxylation is 2. The number of Topliss-reactive ketones (excluding diaryl/α,β-unsaturated/α-hetero) is 1. The van der Waals surface area contributed by atoms with Gasteiger partial charge in [-0.25, -0.2) is 9.97 Å². The molecule has 0 N–H and O–H groups in total. The van der Waals surface area contributed by atoms with E-state index in [9.17, 15) is 4.79 Å². The summed E-state index contributed by atoms with van der Waals surface area (Å²) in [5.74, 6) is 3.46. The number of anilines is 1. The number of carbonyl (C=O) groups is 1. The van der Waals surface area contributed by atoms with E-state index in [1.807, 2.05) is 13.0 Å². The maximum Gasteiger partial charge on any atom is 0.174 e. The lowest BCUT2D eigenvalue weighted by Crippen LogP contribution is -2.51. The summed E-state index contributed by atoms with van der Waals surface area (Å²) < 4.78 is 17.4. The molecule has 0 saturated carbocycles. The molecule has 2 aliphatic heterocycles. The van der Waals surface area contributed by atoms with Crippen molar-refractivity contribution in [1.82, 2.24) is 9.97 Å². The van der Waals surface area contributed by atoms with Gasteiger partial charge >= 0.3 is 0 Å². The fourth-order valence-corrected chi connectivity index (χ4v) is 5.24. The van der Waals surface area contributed by atoms with Gasteiger partial charge in [-0.2, -0.15) is 0 Å². The van der Waals surface area contributed by atoms with Crippen LogP contribution in [0, 0.1) is 13.8 Å². The average molecular weight is 474 g/mol. The van der Waals surface area contributed by atoms with E-state index >= 15 is 0 Å². The maximum atomic E-state index is 13.2. The highest BCUT2D eigenvalue weighted by molar-refractivity contribution is 6.03. The van der Waals surface area contributed by atoms with E-state index in [1.54, 1.807) is 26.4 Å². The number of methoxy groups -OCH3 is 2. The van der Waals surface area contributed by atoms with E-state index in [0.29, 0.717) is 29.2 Å². The minimum absolute atomic E-state index is 0.0534. The fraction of sp³-hybridized carbons (Fsp3) is 0.393. The summed E-state index contributed by atoms with van der Waals surface area (Å²) in [4.78, 5) is 25.0. The molecule has 3 heterocycles. The summed E-state index contributed by atoms with van der Waals surface area (Å²) in [5.41, 5.74) is 3.37. The summed E-state index contributed by atoms with van der Waals surface area (Å²) in [6, 6.07) is 13.9. The van der Waals surface area contributed by atoms with Gasteiger partial charge in [-0.15, -0.1) is 0 Å². The molecule has 0 bridgehead atoms. The Morgan fingerprint density at radius 1 is 1.03 bits per heavy atom. The summed E-state index contributed by atoms with van der Waals surface area (Å²) in [5, 5.41) is 0. The van der Waals surface area contributed by atoms with Crippen LogP contribution in [-0.4, -0.2) is 48.7 Å². The lowest BCUT2D eigenvalue weighted by Gasteiger charge is -2.44. The number of hydrogen-bond donors (Lipinski definition) is 0. The van der Waals surface area contributed by atoms with E-state index in [0.717, 1.165) is 55.3 Å². The standard InChI is InChI=1S/C28H31N3O4/c1-18-22(14-20-8-6-5-7-9-20)27(30-19(2)29-18)31-12-10-28(11-13-31)17-23(32)26-24(34-4)15-21(33-3)16-25(26)35-28/h5-9,15-16H,10-14,17H2,1-4H3. The monoisotopic (exact) mass is 473 g/mol. The third kappa shape index (κ3) is 4.43. The number of carbonyl (C=O) groups excluding carboxylic acids is 1. The normalized spacial score (nSPS) is 16.6. The Morgan fingerprint density at radius 3 is 2.46 bits per heavy atom. The van der Waals surface area contributed by atoms with Crippen LogP contribution in [0.15, 0.2) is 42.5 Å². The van der Waals surface area contributed by atoms with Gasteiger partial charge in [-0.05, 0) is 19.4 Å². The molecule has 2 aromatic carbocycles. The van der Waals surface area contributed by atoms with Crippen LogP contribution in [0.3, 0.4) is 0 Å². The van der Waals surface area contributed by atoms with E-state index in [2.05, 4.69) is 41.1 Å². The predicted molar refractivity (Wildman–Crippen MR) is 134 cm³/mol. The SMILES string of the molecule is COc1cc(OC)c2c(c1)OC1(CCN(c3nc(C)nc(C)c3Cc3ccccc3)CC1)CC2=O. The van der Waals surface area contributed by atoms with Crippen LogP contribution in [0.25, 0.3) is 0 Å². The highest BCUT2D eigenvalue weighted by atomic mass is 16.5. The largest absolute Gasteiger partial charge is 0.496 e. The molecule has 1 aromatic heterocycles. The van der Waals surface area contributed by atoms with E-state index in [-0.39, 0.29) is 5.78 Å². The number of piperidine rings is 1. The van der Waals surface area contributed by atoms with E-state index in [1.165, 1.54) is 5.56 Å².